The minimum absolute atomic E-state index is 0.0527. The van der Waals surface area contributed by atoms with Gasteiger partial charge in [-0.3, -0.25) is 4.79 Å². The Balaban J connectivity index is 2.15. The summed E-state index contributed by atoms with van der Waals surface area (Å²) in [5.41, 5.74) is 1.02. The van der Waals surface area contributed by atoms with Crippen LogP contribution in [-0.2, 0) is 4.79 Å². The Bertz CT molecular complexity index is 428. The lowest BCUT2D eigenvalue weighted by Gasteiger charge is -2.15. The third-order valence-corrected chi connectivity index (χ3v) is 3.20. The lowest BCUT2D eigenvalue weighted by Crippen LogP contribution is -2.06. The van der Waals surface area contributed by atoms with E-state index >= 15 is 0 Å². The van der Waals surface area contributed by atoms with Gasteiger partial charge in [-0.2, -0.15) is 0 Å². The zero-order chi connectivity index (χ0) is 13.0. The molecule has 98 valence electrons. The van der Waals surface area contributed by atoms with Gasteiger partial charge in [0.2, 0.25) is 6.79 Å². The smallest absolute Gasteiger partial charge is 0.303 e. The standard InChI is InChI=1S/C14H18O4/c1-2-3-4-10(8-14(15)16)11-5-6-12-13(7-11)18-9-17-12/h5-7,10H,2-4,8-9H2,1H3,(H,15,16). The van der Waals surface area contributed by atoms with E-state index in [0.717, 1.165) is 36.3 Å². The van der Waals surface area contributed by atoms with E-state index in [1.54, 1.807) is 0 Å². The number of ether oxygens (including phenoxy) is 2. The Morgan fingerprint density at radius 1 is 1.39 bits per heavy atom. The summed E-state index contributed by atoms with van der Waals surface area (Å²) >= 11 is 0. The molecule has 0 saturated carbocycles. The average Bonchev–Trinajstić information content (AvgIpc) is 2.81. The molecule has 0 aromatic heterocycles. The third-order valence-electron chi connectivity index (χ3n) is 3.20. The second-order valence-corrected chi connectivity index (χ2v) is 4.55. The van der Waals surface area contributed by atoms with Crippen LogP contribution < -0.4 is 9.47 Å². The van der Waals surface area contributed by atoms with Gasteiger partial charge in [0.15, 0.2) is 11.5 Å². The van der Waals surface area contributed by atoms with Crippen molar-refractivity contribution in [2.24, 2.45) is 0 Å². The van der Waals surface area contributed by atoms with Crippen LogP contribution in [0.4, 0.5) is 0 Å². The fourth-order valence-electron chi connectivity index (χ4n) is 2.21. The summed E-state index contributed by atoms with van der Waals surface area (Å²) in [5, 5.41) is 8.98. The maximum atomic E-state index is 10.9. The molecular formula is C14H18O4. The number of rotatable bonds is 6. The van der Waals surface area contributed by atoms with Gasteiger partial charge in [-0.25, -0.2) is 0 Å². The first-order valence-corrected chi connectivity index (χ1v) is 6.32. The molecule has 0 amide bonds. The Kier molecular flexibility index (Phi) is 4.07. The van der Waals surface area contributed by atoms with Crippen molar-refractivity contribution in [3.63, 3.8) is 0 Å². The van der Waals surface area contributed by atoms with Crippen molar-refractivity contribution >= 4 is 5.97 Å². The Labute approximate surface area is 107 Å². The molecule has 0 aliphatic carbocycles. The summed E-state index contributed by atoms with van der Waals surface area (Å²) < 4.78 is 10.6. The average molecular weight is 250 g/mol. The Hall–Kier alpha value is -1.71. The van der Waals surface area contributed by atoms with Crippen molar-refractivity contribution in [2.45, 2.75) is 38.5 Å². The molecule has 1 aromatic rings. The van der Waals surface area contributed by atoms with Gasteiger partial charge in [-0.05, 0) is 30.0 Å². The van der Waals surface area contributed by atoms with Gasteiger partial charge >= 0.3 is 5.97 Å². The first-order chi connectivity index (χ1) is 8.70. The third kappa shape index (κ3) is 2.94. The molecule has 0 radical (unpaired) electrons. The maximum absolute atomic E-state index is 10.9. The molecule has 1 aliphatic rings. The van der Waals surface area contributed by atoms with Crippen molar-refractivity contribution in [1.29, 1.82) is 0 Å². The molecular weight excluding hydrogens is 232 g/mol. The molecule has 4 heteroatoms. The lowest BCUT2D eigenvalue weighted by molar-refractivity contribution is -0.137. The van der Waals surface area contributed by atoms with E-state index < -0.39 is 5.97 Å². The molecule has 4 nitrogen and oxygen atoms in total. The van der Waals surface area contributed by atoms with Crippen molar-refractivity contribution in [3.8, 4) is 11.5 Å². The number of unbranched alkanes of at least 4 members (excludes halogenated alkanes) is 1. The predicted octanol–water partition coefficient (Wildman–Crippen LogP) is 3.16. The topological polar surface area (TPSA) is 55.8 Å². The second kappa shape index (κ2) is 5.76. The molecule has 1 aromatic carbocycles. The van der Waals surface area contributed by atoms with Crippen LogP contribution in [0, 0.1) is 0 Å². The van der Waals surface area contributed by atoms with Crippen molar-refractivity contribution in [2.75, 3.05) is 6.79 Å². The van der Waals surface area contributed by atoms with Crippen LogP contribution in [0.2, 0.25) is 0 Å². The van der Waals surface area contributed by atoms with Crippen molar-refractivity contribution < 1.29 is 19.4 Å². The molecule has 2 rings (SSSR count). The van der Waals surface area contributed by atoms with Gasteiger partial charge in [-0.1, -0.05) is 25.8 Å². The lowest BCUT2D eigenvalue weighted by atomic mass is 9.90. The molecule has 0 bridgehead atoms. The van der Waals surface area contributed by atoms with Crippen molar-refractivity contribution in [1.82, 2.24) is 0 Å². The molecule has 18 heavy (non-hydrogen) atoms. The summed E-state index contributed by atoms with van der Waals surface area (Å²) in [4.78, 5) is 10.9. The fraction of sp³-hybridized carbons (Fsp3) is 0.500. The normalized spacial score (nSPS) is 14.5. The van der Waals surface area contributed by atoms with Gasteiger partial charge in [0.05, 0.1) is 6.42 Å². The van der Waals surface area contributed by atoms with Crippen LogP contribution >= 0.6 is 0 Å². The highest BCUT2D eigenvalue weighted by Gasteiger charge is 2.19. The largest absolute Gasteiger partial charge is 0.481 e. The van der Waals surface area contributed by atoms with E-state index in [2.05, 4.69) is 6.92 Å². The van der Waals surface area contributed by atoms with E-state index in [1.807, 2.05) is 18.2 Å². The molecule has 1 unspecified atom stereocenters. The fourth-order valence-corrected chi connectivity index (χ4v) is 2.21. The van der Waals surface area contributed by atoms with Crippen LogP contribution in [0.3, 0.4) is 0 Å². The zero-order valence-corrected chi connectivity index (χ0v) is 10.5. The highest BCUT2D eigenvalue weighted by molar-refractivity contribution is 5.68. The van der Waals surface area contributed by atoms with Crippen LogP contribution in [-0.4, -0.2) is 17.9 Å². The summed E-state index contributed by atoms with van der Waals surface area (Å²) in [6.45, 7) is 2.36. The van der Waals surface area contributed by atoms with Crippen LogP contribution in [0.15, 0.2) is 18.2 Å². The van der Waals surface area contributed by atoms with Gasteiger partial charge in [0.25, 0.3) is 0 Å². The number of benzene rings is 1. The number of fused-ring (bicyclic) bond motifs is 1. The molecule has 1 atom stereocenters. The molecule has 1 N–H and O–H groups in total. The minimum atomic E-state index is -0.756. The highest BCUT2D eigenvalue weighted by atomic mass is 16.7. The zero-order valence-electron chi connectivity index (χ0n) is 10.5. The summed E-state index contributed by atoms with van der Waals surface area (Å²) in [6.07, 6.45) is 3.16. The quantitative estimate of drug-likeness (QED) is 0.842. The Morgan fingerprint density at radius 3 is 2.89 bits per heavy atom. The molecule has 1 aliphatic heterocycles. The SMILES string of the molecule is CCCCC(CC(=O)O)c1ccc2c(c1)OCO2. The minimum Gasteiger partial charge on any atom is -0.481 e. The van der Waals surface area contributed by atoms with E-state index in [-0.39, 0.29) is 19.1 Å². The summed E-state index contributed by atoms with van der Waals surface area (Å²) in [7, 11) is 0. The van der Waals surface area contributed by atoms with E-state index in [0.29, 0.717) is 0 Å². The molecule has 0 spiro atoms. The van der Waals surface area contributed by atoms with E-state index in [9.17, 15) is 4.79 Å². The number of hydrogen-bond acceptors (Lipinski definition) is 3. The second-order valence-electron chi connectivity index (χ2n) is 4.55. The molecule has 0 fully saturated rings. The van der Waals surface area contributed by atoms with Gasteiger partial charge < -0.3 is 14.6 Å². The first-order valence-electron chi connectivity index (χ1n) is 6.32. The van der Waals surface area contributed by atoms with Crippen molar-refractivity contribution in [3.05, 3.63) is 23.8 Å². The number of carboxylic acids is 1. The van der Waals surface area contributed by atoms with Crippen LogP contribution in [0.25, 0.3) is 0 Å². The first kappa shape index (κ1) is 12.7. The number of aliphatic carboxylic acids is 1. The summed E-state index contributed by atoms with van der Waals surface area (Å²) in [6, 6.07) is 5.71. The van der Waals surface area contributed by atoms with E-state index in [4.69, 9.17) is 14.6 Å². The van der Waals surface area contributed by atoms with Gasteiger partial charge in [0, 0.05) is 0 Å². The summed E-state index contributed by atoms with van der Waals surface area (Å²) in [5.74, 6) is 0.758. The highest BCUT2D eigenvalue weighted by Crippen LogP contribution is 2.36. The van der Waals surface area contributed by atoms with Gasteiger partial charge in [0.1, 0.15) is 0 Å². The monoisotopic (exact) mass is 250 g/mol. The van der Waals surface area contributed by atoms with Gasteiger partial charge in [-0.15, -0.1) is 0 Å². The number of carbonyl (C=O) groups is 1. The Morgan fingerprint density at radius 2 is 2.17 bits per heavy atom. The predicted molar refractivity (Wildman–Crippen MR) is 67.1 cm³/mol. The molecule has 0 saturated heterocycles. The van der Waals surface area contributed by atoms with Crippen LogP contribution in [0.1, 0.15) is 44.1 Å². The van der Waals surface area contributed by atoms with E-state index in [1.165, 1.54) is 0 Å². The van der Waals surface area contributed by atoms with Crippen LogP contribution in [0.5, 0.6) is 11.5 Å². The number of hydrogen-bond donors (Lipinski definition) is 1. The molecule has 1 heterocycles. The number of carboxylic acid groups (broad SMARTS) is 1. The maximum Gasteiger partial charge on any atom is 0.303 e.